The first-order valence-corrected chi connectivity index (χ1v) is 9.50. The fourth-order valence-corrected chi connectivity index (χ4v) is 4.86. The van der Waals surface area contributed by atoms with Gasteiger partial charge in [0.25, 0.3) is 0 Å². The predicted molar refractivity (Wildman–Crippen MR) is 95.1 cm³/mol. The van der Waals surface area contributed by atoms with Gasteiger partial charge in [0.15, 0.2) is 11.5 Å². The van der Waals surface area contributed by atoms with Crippen molar-refractivity contribution in [2.75, 3.05) is 13.7 Å². The van der Waals surface area contributed by atoms with Gasteiger partial charge in [-0.2, -0.15) is 5.26 Å². The topological polar surface area (TPSA) is 79.5 Å². The zero-order valence-electron chi connectivity index (χ0n) is 15.1. The molecule has 0 aliphatic heterocycles. The lowest BCUT2D eigenvalue weighted by molar-refractivity contribution is -0.141. The summed E-state index contributed by atoms with van der Waals surface area (Å²) in [5.74, 6) is 1.78. The lowest BCUT2D eigenvalue weighted by atomic mass is 9.77. The number of aliphatic carboxylic acids is 1. The molecule has 0 aromatic heterocycles. The van der Waals surface area contributed by atoms with Gasteiger partial charge in [-0.3, -0.25) is 4.79 Å². The van der Waals surface area contributed by atoms with Gasteiger partial charge in [0.2, 0.25) is 0 Å². The van der Waals surface area contributed by atoms with Gasteiger partial charge in [-0.25, -0.2) is 0 Å². The number of carboxylic acid groups (broad SMARTS) is 1. The number of methoxy groups -OCH3 is 1. The second-order valence-corrected chi connectivity index (χ2v) is 8.25. The number of benzene rings is 1. The van der Waals surface area contributed by atoms with Gasteiger partial charge in [0, 0.05) is 0 Å². The quantitative estimate of drug-likeness (QED) is 0.840. The molecule has 0 heterocycles. The summed E-state index contributed by atoms with van der Waals surface area (Å²) in [6.45, 7) is 0.699. The first kappa shape index (κ1) is 17.2. The lowest BCUT2D eigenvalue weighted by Gasteiger charge is -2.24. The summed E-state index contributed by atoms with van der Waals surface area (Å²) in [7, 11) is 1.63. The van der Waals surface area contributed by atoms with Crippen molar-refractivity contribution in [2.45, 2.75) is 43.9 Å². The van der Waals surface area contributed by atoms with Gasteiger partial charge in [-0.05, 0) is 74.0 Å². The molecule has 4 atom stereocenters. The Bertz CT molecular complexity index is 735. The molecule has 0 bridgehead atoms. The number of ether oxygens (including phenoxy) is 2. The van der Waals surface area contributed by atoms with Crippen LogP contribution in [0.4, 0.5) is 0 Å². The minimum Gasteiger partial charge on any atom is -0.493 e. The van der Waals surface area contributed by atoms with Crippen molar-refractivity contribution >= 4 is 5.97 Å². The summed E-state index contributed by atoms with van der Waals surface area (Å²) in [6, 6.07) is 8.40. The maximum absolute atomic E-state index is 11.3. The van der Waals surface area contributed by atoms with Crippen LogP contribution < -0.4 is 9.47 Å². The Morgan fingerprint density at radius 2 is 1.96 bits per heavy atom. The summed E-state index contributed by atoms with van der Waals surface area (Å²) in [5.41, 5.74) is 0.441. The average molecular weight is 355 g/mol. The first-order chi connectivity index (χ1) is 12.5. The zero-order chi connectivity index (χ0) is 18.3. The number of nitrogens with zero attached hydrogens (tertiary/aromatic N) is 1. The van der Waals surface area contributed by atoms with Crippen molar-refractivity contribution in [2.24, 2.45) is 23.7 Å². The maximum Gasteiger partial charge on any atom is 0.306 e. The van der Waals surface area contributed by atoms with E-state index in [1.54, 1.807) is 7.11 Å². The first-order valence-electron chi connectivity index (χ1n) is 9.50. The SMILES string of the molecule is COc1ccc(C2(C#N)C[C@H]3CC(C(=O)O)C[C@H]3C2)cc1OCC1CC1. The molecule has 0 amide bonds. The van der Waals surface area contributed by atoms with Crippen molar-refractivity contribution in [3.05, 3.63) is 23.8 Å². The number of hydrogen-bond donors (Lipinski definition) is 1. The minimum atomic E-state index is -0.692. The molecular formula is C21H25NO4. The molecule has 5 heteroatoms. The van der Waals surface area contributed by atoms with E-state index in [1.165, 1.54) is 12.8 Å². The highest BCUT2D eigenvalue weighted by molar-refractivity contribution is 5.70. The Labute approximate surface area is 153 Å². The third kappa shape index (κ3) is 3.02. The van der Waals surface area contributed by atoms with Crippen LogP contribution >= 0.6 is 0 Å². The van der Waals surface area contributed by atoms with Crippen LogP contribution in [0.5, 0.6) is 11.5 Å². The van der Waals surface area contributed by atoms with Crippen molar-refractivity contribution in [1.29, 1.82) is 5.26 Å². The van der Waals surface area contributed by atoms with Gasteiger partial charge in [-0.15, -0.1) is 0 Å². The number of fused-ring (bicyclic) bond motifs is 1. The van der Waals surface area contributed by atoms with Crippen molar-refractivity contribution in [3.8, 4) is 17.6 Å². The normalized spacial score (nSPS) is 32.7. The van der Waals surface area contributed by atoms with Crippen molar-refractivity contribution in [3.63, 3.8) is 0 Å². The fraction of sp³-hybridized carbons (Fsp3) is 0.619. The molecule has 26 heavy (non-hydrogen) atoms. The van der Waals surface area contributed by atoms with Gasteiger partial charge >= 0.3 is 5.97 Å². The number of carboxylic acids is 1. The Hall–Kier alpha value is -2.22. The molecule has 138 valence electrons. The van der Waals surface area contributed by atoms with Gasteiger partial charge in [0.05, 0.1) is 31.1 Å². The molecule has 0 spiro atoms. The number of hydrogen-bond acceptors (Lipinski definition) is 4. The molecule has 1 aromatic carbocycles. The van der Waals surface area contributed by atoms with E-state index in [1.807, 2.05) is 18.2 Å². The lowest BCUT2D eigenvalue weighted by Crippen LogP contribution is -2.23. The highest BCUT2D eigenvalue weighted by atomic mass is 16.5. The average Bonchev–Trinajstić information content (AvgIpc) is 3.28. The van der Waals surface area contributed by atoms with E-state index in [-0.39, 0.29) is 5.92 Å². The molecule has 3 fully saturated rings. The molecule has 4 rings (SSSR count). The number of nitriles is 1. The van der Waals surface area contributed by atoms with Gasteiger partial charge in [-0.1, -0.05) is 6.07 Å². The van der Waals surface area contributed by atoms with E-state index in [9.17, 15) is 15.2 Å². The maximum atomic E-state index is 11.3. The molecule has 0 radical (unpaired) electrons. The van der Waals surface area contributed by atoms with Crippen LogP contribution in [0.1, 0.15) is 44.1 Å². The van der Waals surface area contributed by atoms with E-state index in [0.29, 0.717) is 48.7 Å². The molecule has 3 saturated carbocycles. The van der Waals surface area contributed by atoms with Crippen LogP contribution in [0.15, 0.2) is 18.2 Å². The molecule has 3 aliphatic carbocycles. The number of rotatable bonds is 6. The van der Waals surface area contributed by atoms with Crippen LogP contribution in [-0.2, 0) is 10.2 Å². The van der Waals surface area contributed by atoms with Crippen LogP contribution in [0.3, 0.4) is 0 Å². The number of carbonyl (C=O) groups is 1. The Morgan fingerprint density at radius 1 is 1.27 bits per heavy atom. The van der Waals surface area contributed by atoms with E-state index in [2.05, 4.69) is 6.07 Å². The monoisotopic (exact) mass is 355 g/mol. The smallest absolute Gasteiger partial charge is 0.306 e. The highest BCUT2D eigenvalue weighted by Gasteiger charge is 2.52. The molecule has 5 nitrogen and oxygen atoms in total. The Balaban J connectivity index is 1.56. The van der Waals surface area contributed by atoms with Crippen LogP contribution in [-0.4, -0.2) is 24.8 Å². The molecule has 2 unspecified atom stereocenters. The molecular weight excluding hydrogens is 330 g/mol. The summed E-state index contributed by atoms with van der Waals surface area (Å²) in [5, 5.41) is 19.3. The van der Waals surface area contributed by atoms with Crippen molar-refractivity contribution in [1.82, 2.24) is 0 Å². The fourth-order valence-electron chi connectivity index (χ4n) is 4.86. The second-order valence-electron chi connectivity index (χ2n) is 8.25. The summed E-state index contributed by atoms with van der Waals surface area (Å²) < 4.78 is 11.4. The van der Waals surface area contributed by atoms with Crippen LogP contribution in [0.25, 0.3) is 0 Å². The summed E-state index contributed by atoms with van der Waals surface area (Å²) in [4.78, 5) is 11.3. The summed E-state index contributed by atoms with van der Waals surface area (Å²) in [6.07, 6.45) is 5.32. The second kappa shape index (κ2) is 6.50. The highest BCUT2D eigenvalue weighted by Crippen LogP contribution is 2.56. The molecule has 0 saturated heterocycles. The summed E-state index contributed by atoms with van der Waals surface area (Å²) >= 11 is 0. The van der Waals surface area contributed by atoms with Crippen LogP contribution in [0.2, 0.25) is 0 Å². The zero-order valence-corrected chi connectivity index (χ0v) is 15.1. The van der Waals surface area contributed by atoms with Gasteiger partial charge in [0.1, 0.15) is 0 Å². The molecule has 3 aliphatic rings. The Kier molecular flexibility index (Phi) is 4.30. The third-order valence-electron chi connectivity index (χ3n) is 6.51. The van der Waals surface area contributed by atoms with E-state index < -0.39 is 11.4 Å². The molecule has 1 N–H and O–H groups in total. The largest absolute Gasteiger partial charge is 0.493 e. The standard InChI is InChI=1S/C21H25NO4/c1-25-18-5-4-17(8-19(18)26-11-13-2-3-13)21(12-22)9-15-6-14(20(23)24)7-16(15)10-21/h4-5,8,13-16H,2-3,6-7,9-11H2,1H3,(H,23,24)/t14?,15-,16+,21?. The Morgan fingerprint density at radius 3 is 2.50 bits per heavy atom. The van der Waals surface area contributed by atoms with E-state index in [0.717, 1.165) is 18.4 Å². The molecule has 1 aromatic rings. The van der Waals surface area contributed by atoms with E-state index in [4.69, 9.17) is 9.47 Å². The van der Waals surface area contributed by atoms with Gasteiger partial charge < -0.3 is 14.6 Å². The predicted octanol–water partition coefficient (Wildman–Crippen LogP) is 3.77. The van der Waals surface area contributed by atoms with Crippen molar-refractivity contribution < 1.29 is 19.4 Å². The van der Waals surface area contributed by atoms with E-state index >= 15 is 0 Å². The third-order valence-corrected chi connectivity index (χ3v) is 6.51. The minimum absolute atomic E-state index is 0.241. The van der Waals surface area contributed by atoms with Crippen LogP contribution in [0, 0.1) is 35.0 Å².